The molecule has 1 amide bonds. The SMILES string of the molecule is [CH2]C(Cc1ccccc1C(F)(F)F)NC(=O)c1cc(Br)c(C)s1. The average molecular weight is 405 g/mol. The fourth-order valence-electron chi connectivity index (χ4n) is 2.12. The van der Waals surface area contributed by atoms with Crippen LogP contribution < -0.4 is 5.32 Å². The summed E-state index contributed by atoms with van der Waals surface area (Å²) in [6.45, 7) is 5.61. The highest BCUT2D eigenvalue weighted by molar-refractivity contribution is 9.10. The van der Waals surface area contributed by atoms with Crippen molar-refractivity contribution in [3.05, 3.63) is 62.6 Å². The lowest BCUT2D eigenvalue weighted by atomic mass is 10.0. The zero-order valence-corrected chi connectivity index (χ0v) is 14.6. The first-order valence-corrected chi connectivity index (χ1v) is 8.34. The predicted molar refractivity (Wildman–Crippen MR) is 88.5 cm³/mol. The van der Waals surface area contributed by atoms with Crippen molar-refractivity contribution in [3.63, 3.8) is 0 Å². The third-order valence-corrected chi connectivity index (χ3v) is 5.34. The molecule has 123 valence electrons. The van der Waals surface area contributed by atoms with Gasteiger partial charge >= 0.3 is 6.18 Å². The first-order valence-electron chi connectivity index (χ1n) is 6.73. The van der Waals surface area contributed by atoms with Crippen LogP contribution in [0.5, 0.6) is 0 Å². The molecule has 1 radical (unpaired) electrons. The van der Waals surface area contributed by atoms with Gasteiger partial charge in [0.05, 0.1) is 10.4 Å². The lowest BCUT2D eigenvalue weighted by molar-refractivity contribution is -0.138. The van der Waals surface area contributed by atoms with Gasteiger partial charge in [-0.1, -0.05) is 18.2 Å². The number of nitrogens with one attached hydrogen (secondary N) is 1. The monoisotopic (exact) mass is 404 g/mol. The smallest absolute Gasteiger partial charge is 0.348 e. The van der Waals surface area contributed by atoms with Crippen LogP contribution in [0.1, 0.15) is 25.7 Å². The maximum Gasteiger partial charge on any atom is 0.416 e. The highest BCUT2D eigenvalue weighted by Gasteiger charge is 2.33. The van der Waals surface area contributed by atoms with Crippen LogP contribution in [0.2, 0.25) is 0 Å². The zero-order chi connectivity index (χ0) is 17.2. The minimum absolute atomic E-state index is 0.00690. The molecule has 0 saturated heterocycles. The van der Waals surface area contributed by atoms with Gasteiger partial charge in [0, 0.05) is 15.4 Å². The van der Waals surface area contributed by atoms with Crippen LogP contribution in [0.25, 0.3) is 0 Å². The molecule has 0 aliphatic carbocycles. The number of benzene rings is 1. The highest BCUT2D eigenvalue weighted by Crippen LogP contribution is 2.32. The summed E-state index contributed by atoms with van der Waals surface area (Å²) < 4.78 is 39.7. The van der Waals surface area contributed by atoms with Crippen molar-refractivity contribution in [2.45, 2.75) is 25.6 Å². The minimum atomic E-state index is -4.42. The summed E-state index contributed by atoms with van der Waals surface area (Å²) in [7, 11) is 0. The third-order valence-electron chi connectivity index (χ3n) is 3.21. The van der Waals surface area contributed by atoms with Gasteiger partial charge in [-0.3, -0.25) is 4.79 Å². The Morgan fingerprint density at radius 2 is 2.04 bits per heavy atom. The minimum Gasteiger partial charge on any atom is -0.348 e. The molecule has 0 spiro atoms. The van der Waals surface area contributed by atoms with Crippen LogP contribution in [-0.2, 0) is 12.6 Å². The molecule has 2 aromatic rings. The van der Waals surface area contributed by atoms with Gasteiger partial charge in [-0.15, -0.1) is 11.3 Å². The number of alkyl halides is 3. The Bertz CT molecular complexity index is 692. The van der Waals surface area contributed by atoms with Crippen LogP contribution in [0, 0.1) is 13.8 Å². The van der Waals surface area contributed by atoms with Crippen LogP contribution in [0.4, 0.5) is 13.2 Å². The molecule has 1 atom stereocenters. The second kappa shape index (κ2) is 7.05. The van der Waals surface area contributed by atoms with E-state index in [9.17, 15) is 18.0 Å². The molecule has 0 aliphatic rings. The molecule has 0 saturated carbocycles. The van der Waals surface area contributed by atoms with Gasteiger partial charge in [-0.05, 0) is 53.9 Å². The zero-order valence-electron chi connectivity index (χ0n) is 12.2. The Morgan fingerprint density at radius 3 is 2.61 bits per heavy atom. The highest BCUT2D eigenvalue weighted by atomic mass is 79.9. The standard InChI is InChI=1S/C16H14BrF3NOS/c1-9(21-15(22)14-8-13(17)10(2)23-14)7-11-5-3-4-6-12(11)16(18,19)20/h3-6,8-9H,1,7H2,2H3,(H,21,22). The second-order valence-corrected chi connectivity index (χ2v) is 7.15. The summed E-state index contributed by atoms with van der Waals surface area (Å²) >= 11 is 4.64. The second-order valence-electron chi connectivity index (χ2n) is 5.04. The predicted octanol–water partition coefficient (Wildman–Crippen LogP) is 5.01. The molecule has 7 heteroatoms. The Balaban J connectivity index is 2.08. The van der Waals surface area contributed by atoms with Crippen LogP contribution >= 0.6 is 27.3 Å². The largest absolute Gasteiger partial charge is 0.416 e. The van der Waals surface area contributed by atoms with E-state index in [1.807, 2.05) is 6.92 Å². The lowest BCUT2D eigenvalue weighted by Crippen LogP contribution is -2.34. The van der Waals surface area contributed by atoms with Crippen LogP contribution in [0.15, 0.2) is 34.8 Å². The van der Waals surface area contributed by atoms with Crippen LogP contribution in [0.3, 0.4) is 0 Å². The van der Waals surface area contributed by atoms with E-state index in [1.54, 1.807) is 12.1 Å². The van der Waals surface area contributed by atoms with Crippen molar-refractivity contribution in [3.8, 4) is 0 Å². The van der Waals surface area contributed by atoms with Crippen molar-refractivity contribution in [1.29, 1.82) is 0 Å². The van der Waals surface area contributed by atoms with Crippen molar-refractivity contribution in [2.24, 2.45) is 0 Å². The van der Waals surface area contributed by atoms with E-state index in [4.69, 9.17) is 0 Å². The van der Waals surface area contributed by atoms with E-state index < -0.39 is 17.8 Å². The number of hydrogen-bond donors (Lipinski definition) is 1. The maximum atomic E-state index is 13.0. The fourth-order valence-corrected chi connectivity index (χ4v) is 3.56. The van der Waals surface area contributed by atoms with E-state index in [-0.39, 0.29) is 17.9 Å². The van der Waals surface area contributed by atoms with Crippen molar-refractivity contribution >= 4 is 33.2 Å². The maximum absolute atomic E-state index is 13.0. The average Bonchev–Trinajstić information content (AvgIpc) is 2.78. The van der Waals surface area contributed by atoms with E-state index in [1.165, 1.54) is 23.5 Å². The van der Waals surface area contributed by atoms with Gasteiger partial charge in [0.2, 0.25) is 0 Å². The number of aryl methyl sites for hydroxylation is 1. The van der Waals surface area contributed by atoms with Gasteiger partial charge in [0.25, 0.3) is 5.91 Å². The number of thiophene rings is 1. The topological polar surface area (TPSA) is 29.1 Å². The molecular formula is C16H14BrF3NOS. The van der Waals surface area contributed by atoms with E-state index >= 15 is 0 Å². The van der Waals surface area contributed by atoms with Gasteiger partial charge in [0.1, 0.15) is 0 Å². The molecule has 0 bridgehead atoms. The quantitative estimate of drug-likeness (QED) is 0.761. The van der Waals surface area contributed by atoms with Gasteiger partial charge < -0.3 is 5.32 Å². The van der Waals surface area contributed by atoms with E-state index in [0.717, 1.165) is 15.4 Å². The Morgan fingerprint density at radius 1 is 1.39 bits per heavy atom. The molecule has 1 aromatic carbocycles. The number of carbonyl (C=O) groups is 1. The summed E-state index contributed by atoms with van der Waals surface area (Å²) in [5, 5.41) is 2.64. The molecule has 1 N–H and O–H groups in total. The summed E-state index contributed by atoms with van der Waals surface area (Å²) in [5.41, 5.74) is -0.582. The molecular weight excluding hydrogens is 391 g/mol. The molecule has 23 heavy (non-hydrogen) atoms. The van der Waals surface area contributed by atoms with E-state index in [0.29, 0.717) is 4.88 Å². The number of hydrogen-bond acceptors (Lipinski definition) is 2. The normalized spacial score (nSPS) is 13.0. The lowest BCUT2D eigenvalue weighted by Gasteiger charge is -2.17. The summed E-state index contributed by atoms with van der Waals surface area (Å²) in [5.74, 6) is -0.340. The summed E-state index contributed by atoms with van der Waals surface area (Å²) in [4.78, 5) is 13.6. The number of rotatable bonds is 4. The van der Waals surface area contributed by atoms with Crippen molar-refractivity contribution in [2.75, 3.05) is 0 Å². The summed E-state index contributed by atoms with van der Waals surface area (Å²) in [6, 6.07) is 6.34. The Hall–Kier alpha value is -1.34. The first kappa shape index (κ1) is 18.0. The molecule has 1 aromatic heterocycles. The summed E-state index contributed by atoms with van der Waals surface area (Å²) in [6.07, 6.45) is -4.41. The molecule has 2 rings (SSSR count). The number of amides is 1. The van der Waals surface area contributed by atoms with Gasteiger partial charge in [-0.25, -0.2) is 0 Å². The molecule has 2 nitrogen and oxygen atoms in total. The molecule has 0 fully saturated rings. The third kappa shape index (κ3) is 4.57. The first-order chi connectivity index (χ1) is 10.7. The Kier molecular flexibility index (Phi) is 5.52. The number of carbonyl (C=O) groups excluding carboxylic acids is 1. The van der Waals surface area contributed by atoms with Gasteiger partial charge in [0.15, 0.2) is 0 Å². The number of halogens is 4. The van der Waals surface area contributed by atoms with Gasteiger partial charge in [-0.2, -0.15) is 13.2 Å². The van der Waals surface area contributed by atoms with Crippen LogP contribution in [-0.4, -0.2) is 11.9 Å². The molecule has 1 heterocycles. The van der Waals surface area contributed by atoms with E-state index in [2.05, 4.69) is 28.2 Å². The van der Waals surface area contributed by atoms with Crippen molar-refractivity contribution < 1.29 is 18.0 Å². The fraction of sp³-hybridized carbons (Fsp3) is 0.250. The van der Waals surface area contributed by atoms with Crippen molar-refractivity contribution in [1.82, 2.24) is 5.32 Å². The Labute approximate surface area is 144 Å². The molecule has 1 unspecified atom stereocenters. The molecule has 0 aliphatic heterocycles.